The first-order chi connectivity index (χ1) is 9.15. The summed E-state index contributed by atoms with van der Waals surface area (Å²) in [7, 11) is -3.21. The molecule has 1 aromatic rings. The SMILES string of the molecule is CC1CC(C)(C)CC1Nc1ccc(NS(C)(=O)=O)cc1. The quantitative estimate of drug-likeness (QED) is 0.896. The van der Waals surface area contributed by atoms with Crippen molar-refractivity contribution >= 4 is 21.4 Å². The molecule has 0 amide bonds. The van der Waals surface area contributed by atoms with Gasteiger partial charge in [0.2, 0.25) is 10.0 Å². The molecule has 1 aliphatic carbocycles. The molecule has 0 aliphatic heterocycles. The molecule has 2 N–H and O–H groups in total. The molecule has 1 aliphatic rings. The van der Waals surface area contributed by atoms with Crippen molar-refractivity contribution in [2.75, 3.05) is 16.3 Å². The van der Waals surface area contributed by atoms with Crippen molar-refractivity contribution < 1.29 is 8.42 Å². The number of hydrogen-bond acceptors (Lipinski definition) is 3. The minimum Gasteiger partial charge on any atom is -0.382 e. The lowest BCUT2D eigenvalue weighted by molar-refractivity contribution is 0.366. The highest BCUT2D eigenvalue weighted by atomic mass is 32.2. The first kappa shape index (κ1) is 15.2. The van der Waals surface area contributed by atoms with E-state index in [0.717, 1.165) is 18.4 Å². The van der Waals surface area contributed by atoms with E-state index in [0.29, 0.717) is 23.1 Å². The van der Waals surface area contributed by atoms with Gasteiger partial charge in [-0.1, -0.05) is 20.8 Å². The number of benzene rings is 1. The maximum absolute atomic E-state index is 11.2. The first-order valence-electron chi connectivity index (χ1n) is 6.99. The summed E-state index contributed by atoms with van der Waals surface area (Å²) in [5, 5.41) is 3.56. The van der Waals surface area contributed by atoms with Crippen LogP contribution in [0.4, 0.5) is 11.4 Å². The number of sulfonamides is 1. The van der Waals surface area contributed by atoms with Crippen molar-refractivity contribution in [1.82, 2.24) is 0 Å². The summed E-state index contributed by atoms with van der Waals surface area (Å²) < 4.78 is 24.8. The van der Waals surface area contributed by atoms with E-state index in [2.05, 4.69) is 30.8 Å². The largest absolute Gasteiger partial charge is 0.382 e. The highest BCUT2D eigenvalue weighted by molar-refractivity contribution is 7.92. The van der Waals surface area contributed by atoms with Crippen molar-refractivity contribution in [2.24, 2.45) is 11.3 Å². The fourth-order valence-electron chi connectivity index (χ4n) is 3.15. The second-order valence-electron chi connectivity index (χ2n) is 6.75. The fraction of sp³-hybridized carbons (Fsp3) is 0.600. The Hall–Kier alpha value is -1.23. The summed E-state index contributed by atoms with van der Waals surface area (Å²) in [6.07, 6.45) is 3.55. The molecule has 1 saturated carbocycles. The van der Waals surface area contributed by atoms with E-state index in [4.69, 9.17) is 0 Å². The summed E-state index contributed by atoms with van der Waals surface area (Å²) in [5.74, 6) is 0.652. The van der Waals surface area contributed by atoms with Crippen LogP contribution >= 0.6 is 0 Å². The molecule has 4 nitrogen and oxygen atoms in total. The number of nitrogens with one attached hydrogen (secondary N) is 2. The Morgan fingerprint density at radius 3 is 2.10 bits per heavy atom. The third-order valence-electron chi connectivity index (χ3n) is 3.87. The van der Waals surface area contributed by atoms with Gasteiger partial charge in [-0.25, -0.2) is 8.42 Å². The lowest BCUT2D eigenvalue weighted by Crippen LogP contribution is -2.22. The molecule has 2 atom stereocenters. The predicted molar refractivity (Wildman–Crippen MR) is 84.5 cm³/mol. The average molecular weight is 296 g/mol. The molecule has 0 bridgehead atoms. The molecule has 0 spiro atoms. The van der Waals surface area contributed by atoms with E-state index < -0.39 is 10.0 Å². The number of rotatable bonds is 4. The summed E-state index contributed by atoms with van der Waals surface area (Å²) >= 11 is 0. The van der Waals surface area contributed by atoms with E-state index in [-0.39, 0.29) is 0 Å². The van der Waals surface area contributed by atoms with Crippen molar-refractivity contribution in [3.8, 4) is 0 Å². The Morgan fingerprint density at radius 1 is 1.10 bits per heavy atom. The van der Waals surface area contributed by atoms with Crippen molar-refractivity contribution in [2.45, 2.75) is 39.7 Å². The van der Waals surface area contributed by atoms with Gasteiger partial charge in [0.05, 0.1) is 6.26 Å². The molecule has 0 aromatic heterocycles. The smallest absolute Gasteiger partial charge is 0.229 e. The van der Waals surface area contributed by atoms with Crippen LogP contribution in [0.2, 0.25) is 0 Å². The Morgan fingerprint density at radius 2 is 1.65 bits per heavy atom. The molecule has 1 fully saturated rings. The van der Waals surface area contributed by atoms with Crippen LogP contribution in [0.3, 0.4) is 0 Å². The Bertz CT molecular complexity index is 564. The van der Waals surface area contributed by atoms with E-state index in [9.17, 15) is 8.42 Å². The van der Waals surface area contributed by atoms with Crippen LogP contribution in [-0.2, 0) is 10.0 Å². The Balaban J connectivity index is 2.01. The zero-order valence-corrected chi connectivity index (χ0v) is 13.4. The van der Waals surface area contributed by atoms with E-state index >= 15 is 0 Å². The monoisotopic (exact) mass is 296 g/mol. The third kappa shape index (κ3) is 4.13. The molecule has 2 rings (SSSR count). The normalized spacial score (nSPS) is 25.4. The molecular weight excluding hydrogens is 272 g/mol. The molecular formula is C15H24N2O2S. The van der Waals surface area contributed by atoms with E-state index in [1.807, 2.05) is 12.1 Å². The minimum atomic E-state index is -3.21. The van der Waals surface area contributed by atoms with Gasteiger partial charge in [-0.2, -0.15) is 0 Å². The minimum absolute atomic E-state index is 0.398. The van der Waals surface area contributed by atoms with Gasteiger partial charge in [0.1, 0.15) is 0 Å². The second kappa shape index (κ2) is 5.28. The van der Waals surface area contributed by atoms with Gasteiger partial charge >= 0.3 is 0 Å². The highest BCUT2D eigenvalue weighted by Gasteiger charge is 2.36. The van der Waals surface area contributed by atoms with Crippen LogP contribution in [0, 0.1) is 11.3 Å². The maximum Gasteiger partial charge on any atom is 0.229 e. The van der Waals surface area contributed by atoms with Crippen molar-refractivity contribution in [1.29, 1.82) is 0 Å². The van der Waals surface area contributed by atoms with Gasteiger partial charge in [-0.3, -0.25) is 4.72 Å². The van der Waals surface area contributed by atoms with Gasteiger partial charge < -0.3 is 5.32 Å². The zero-order chi connectivity index (χ0) is 15.0. The molecule has 0 heterocycles. The van der Waals surface area contributed by atoms with Crippen LogP contribution in [0.5, 0.6) is 0 Å². The standard InChI is InChI=1S/C15H24N2O2S/c1-11-9-15(2,3)10-14(11)16-12-5-7-13(8-6-12)17-20(4,18)19/h5-8,11,14,16-17H,9-10H2,1-4H3. The van der Waals surface area contributed by atoms with Crippen molar-refractivity contribution in [3.05, 3.63) is 24.3 Å². The van der Waals surface area contributed by atoms with Crippen molar-refractivity contribution in [3.63, 3.8) is 0 Å². The molecule has 2 unspecified atom stereocenters. The lowest BCUT2D eigenvalue weighted by Gasteiger charge is -2.20. The zero-order valence-electron chi connectivity index (χ0n) is 12.6. The van der Waals surface area contributed by atoms with Gasteiger partial charge in [0.25, 0.3) is 0 Å². The highest BCUT2D eigenvalue weighted by Crippen LogP contribution is 2.42. The molecule has 5 heteroatoms. The van der Waals surface area contributed by atoms with E-state index in [1.54, 1.807) is 12.1 Å². The topological polar surface area (TPSA) is 58.2 Å². The second-order valence-corrected chi connectivity index (χ2v) is 8.50. The molecule has 0 saturated heterocycles. The fourth-order valence-corrected chi connectivity index (χ4v) is 3.71. The number of hydrogen-bond donors (Lipinski definition) is 2. The molecule has 112 valence electrons. The van der Waals surface area contributed by atoms with Crippen LogP contribution in [-0.4, -0.2) is 20.7 Å². The van der Waals surface area contributed by atoms with Crippen LogP contribution < -0.4 is 10.0 Å². The average Bonchev–Trinajstić information content (AvgIpc) is 2.52. The maximum atomic E-state index is 11.2. The lowest BCUT2D eigenvalue weighted by atomic mass is 9.91. The Labute approximate surface area is 122 Å². The van der Waals surface area contributed by atoms with Gasteiger partial charge in [0, 0.05) is 17.4 Å². The van der Waals surface area contributed by atoms with E-state index in [1.165, 1.54) is 6.42 Å². The van der Waals surface area contributed by atoms with Gasteiger partial charge in [0.15, 0.2) is 0 Å². The van der Waals surface area contributed by atoms with Gasteiger partial charge in [-0.05, 0) is 48.4 Å². The molecule has 20 heavy (non-hydrogen) atoms. The molecule has 1 aromatic carbocycles. The van der Waals surface area contributed by atoms with Crippen LogP contribution in [0.1, 0.15) is 33.6 Å². The first-order valence-corrected chi connectivity index (χ1v) is 8.88. The number of anilines is 2. The third-order valence-corrected chi connectivity index (χ3v) is 4.48. The van der Waals surface area contributed by atoms with Gasteiger partial charge in [-0.15, -0.1) is 0 Å². The summed E-state index contributed by atoms with van der Waals surface area (Å²) in [5.41, 5.74) is 2.03. The summed E-state index contributed by atoms with van der Waals surface area (Å²) in [6, 6.07) is 7.90. The Kier molecular flexibility index (Phi) is 4.00. The summed E-state index contributed by atoms with van der Waals surface area (Å²) in [4.78, 5) is 0. The molecule has 0 radical (unpaired) electrons. The predicted octanol–water partition coefficient (Wildman–Crippen LogP) is 3.29. The summed E-state index contributed by atoms with van der Waals surface area (Å²) in [6.45, 7) is 6.90. The van der Waals surface area contributed by atoms with Crippen LogP contribution in [0.25, 0.3) is 0 Å². The van der Waals surface area contributed by atoms with Crippen LogP contribution in [0.15, 0.2) is 24.3 Å².